The minimum atomic E-state index is -4.46. The van der Waals surface area contributed by atoms with Crippen LogP contribution in [0.5, 0.6) is 5.75 Å². The Morgan fingerprint density at radius 1 is 1.21 bits per heavy atom. The van der Waals surface area contributed by atoms with Crippen LogP contribution in [0.2, 0.25) is 0 Å². The van der Waals surface area contributed by atoms with Gasteiger partial charge >= 0.3 is 6.18 Å². The molecular formula is C25H27F3N4O2. The van der Waals surface area contributed by atoms with Crippen molar-refractivity contribution in [3.05, 3.63) is 77.0 Å². The highest BCUT2D eigenvalue weighted by atomic mass is 19.4. The molecule has 0 saturated carbocycles. The third kappa shape index (κ3) is 5.18. The maximum Gasteiger partial charge on any atom is 0.410 e. The SMILES string of the molecule is CCc1ccc([C@H]2C[C@@H](C(F)(F)F)n3ncc(CC(=O)NCc4cccc(OC)c4)c3N2)cc1. The highest BCUT2D eigenvalue weighted by Crippen LogP contribution is 2.44. The molecule has 0 bridgehead atoms. The molecule has 2 heterocycles. The van der Waals surface area contributed by atoms with Gasteiger partial charge in [-0.05, 0) is 35.2 Å². The molecule has 0 aliphatic carbocycles. The summed E-state index contributed by atoms with van der Waals surface area (Å²) in [4.78, 5) is 12.6. The first-order valence-corrected chi connectivity index (χ1v) is 11.2. The average Bonchev–Trinajstić information content (AvgIpc) is 3.24. The highest BCUT2D eigenvalue weighted by molar-refractivity contribution is 5.80. The molecule has 1 amide bonds. The van der Waals surface area contributed by atoms with Crippen molar-refractivity contribution in [3.8, 4) is 5.75 Å². The molecule has 0 spiro atoms. The second kappa shape index (κ2) is 9.79. The molecular weight excluding hydrogens is 445 g/mol. The summed E-state index contributed by atoms with van der Waals surface area (Å²) in [6.07, 6.45) is -2.53. The molecule has 3 aromatic rings. The van der Waals surface area contributed by atoms with Crippen LogP contribution in [0.3, 0.4) is 0 Å². The first-order chi connectivity index (χ1) is 16.3. The Kier molecular flexibility index (Phi) is 6.81. The number of methoxy groups -OCH3 is 1. The Bertz CT molecular complexity index is 1140. The lowest BCUT2D eigenvalue weighted by Gasteiger charge is -2.34. The minimum absolute atomic E-state index is 0.0849. The van der Waals surface area contributed by atoms with Crippen molar-refractivity contribution in [3.63, 3.8) is 0 Å². The van der Waals surface area contributed by atoms with Crippen molar-refractivity contribution in [2.24, 2.45) is 0 Å². The molecule has 9 heteroatoms. The zero-order chi connectivity index (χ0) is 24.3. The summed E-state index contributed by atoms with van der Waals surface area (Å²) in [5, 5.41) is 10.0. The fraction of sp³-hybridized carbons (Fsp3) is 0.360. The predicted molar refractivity (Wildman–Crippen MR) is 123 cm³/mol. The molecule has 180 valence electrons. The number of ether oxygens (including phenoxy) is 1. The summed E-state index contributed by atoms with van der Waals surface area (Å²) < 4.78 is 47.8. The number of carbonyl (C=O) groups is 1. The van der Waals surface area contributed by atoms with E-state index in [1.54, 1.807) is 13.2 Å². The molecule has 1 aromatic heterocycles. The Balaban J connectivity index is 1.52. The van der Waals surface area contributed by atoms with E-state index in [4.69, 9.17) is 4.74 Å². The highest BCUT2D eigenvalue weighted by Gasteiger charge is 2.46. The molecule has 0 unspecified atom stereocenters. The van der Waals surface area contributed by atoms with E-state index in [2.05, 4.69) is 15.7 Å². The van der Waals surface area contributed by atoms with Crippen LogP contribution in [0.25, 0.3) is 0 Å². The van der Waals surface area contributed by atoms with Crippen molar-refractivity contribution < 1.29 is 22.7 Å². The van der Waals surface area contributed by atoms with Crippen molar-refractivity contribution in [2.45, 2.75) is 51.0 Å². The van der Waals surface area contributed by atoms with Crippen LogP contribution in [0, 0.1) is 0 Å². The monoisotopic (exact) mass is 472 g/mol. The molecule has 0 saturated heterocycles. The third-order valence-electron chi connectivity index (χ3n) is 6.08. The number of nitrogens with one attached hydrogen (secondary N) is 2. The van der Waals surface area contributed by atoms with Crippen LogP contribution in [0.15, 0.2) is 54.7 Å². The largest absolute Gasteiger partial charge is 0.497 e. The second-order valence-corrected chi connectivity index (χ2v) is 8.35. The molecule has 2 aromatic carbocycles. The number of aryl methyl sites for hydroxylation is 1. The van der Waals surface area contributed by atoms with Crippen LogP contribution < -0.4 is 15.4 Å². The molecule has 2 N–H and O–H groups in total. The van der Waals surface area contributed by atoms with Gasteiger partial charge in [-0.15, -0.1) is 0 Å². The molecule has 1 aliphatic rings. The van der Waals surface area contributed by atoms with Gasteiger partial charge in [-0.25, -0.2) is 4.68 Å². The number of aromatic nitrogens is 2. The lowest BCUT2D eigenvalue weighted by atomic mass is 9.95. The second-order valence-electron chi connectivity index (χ2n) is 8.35. The van der Waals surface area contributed by atoms with Crippen molar-refractivity contribution in [1.29, 1.82) is 0 Å². The van der Waals surface area contributed by atoms with Crippen LogP contribution in [0.1, 0.15) is 47.7 Å². The number of carbonyl (C=O) groups excluding carboxylic acids is 1. The van der Waals surface area contributed by atoms with Gasteiger partial charge in [0.25, 0.3) is 0 Å². The van der Waals surface area contributed by atoms with Gasteiger partial charge < -0.3 is 15.4 Å². The predicted octanol–water partition coefficient (Wildman–Crippen LogP) is 4.97. The maximum atomic E-state index is 13.9. The molecule has 34 heavy (non-hydrogen) atoms. The zero-order valence-corrected chi connectivity index (χ0v) is 19.0. The van der Waals surface area contributed by atoms with Gasteiger partial charge in [0.2, 0.25) is 5.91 Å². The molecule has 0 fully saturated rings. The maximum absolute atomic E-state index is 13.9. The normalized spacial score (nSPS) is 17.6. The summed E-state index contributed by atoms with van der Waals surface area (Å²) >= 11 is 0. The van der Waals surface area contributed by atoms with Crippen LogP contribution in [0.4, 0.5) is 19.0 Å². The number of anilines is 1. The summed E-state index contributed by atoms with van der Waals surface area (Å²) in [5.74, 6) is 0.603. The van der Waals surface area contributed by atoms with E-state index in [0.717, 1.165) is 27.8 Å². The quantitative estimate of drug-likeness (QED) is 0.509. The van der Waals surface area contributed by atoms with E-state index < -0.39 is 18.3 Å². The van der Waals surface area contributed by atoms with Crippen molar-refractivity contribution >= 4 is 11.7 Å². The average molecular weight is 473 g/mol. The van der Waals surface area contributed by atoms with E-state index in [9.17, 15) is 18.0 Å². The number of fused-ring (bicyclic) bond motifs is 1. The zero-order valence-electron chi connectivity index (χ0n) is 19.0. The van der Waals surface area contributed by atoms with Crippen molar-refractivity contribution in [2.75, 3.05) is 12.4 Å². The standard InChI is InChI=1S/C25H27F3N4O2/c1-3-16-7-9-18(10-8-16)21-13-22(25(26,27)28)32-24(31-21)19(15-30-32)12-23(33)29-14-17-5-4-6-20(11-17)34-2/h4-11,15,21-22,31H,3,12-14H2,1-2H3,(H,29,33)/t21-,22+/m1/s1. The summed E-state index contributed by atoms with van der Waals surface area (Å²) in [6.45, 7) is 2.31. The number of nitrogens with zero attached hydrogens (tertiary/aromatic N) is 2. The summed E-state index contributed by atoms with van der Waals surface area (Å²) in [6, 6.07) is 12.6. The number of amides is 1. The minimum Gasteiger partial charge on any atom is -0.497 e. The number of halogens is 3. The van der Waals surface area contributed by atoms with Gasteiger partial charge in [0.15, 0.2) is 6.04 Å². The van der Waals surface area contributed by atoms with Gasteiger partial charge in [-0.2, -0.15) is 18.3 Å². The molecule has 1 aliphatic heterocycles. The van der Waals surface area contributed by atoms with Gasteiger partial charge in [0.1, 0.15) is 11.6 Å². The van der Waals surface area contributed by atoms with Crippen LogP contribution >= 0.6 is 0 Å². The Hall–Kier alpha value is -3.49. The summed E-state index contributed by atoms with van der Waals surface area (Å²) in [7, 11) is 1.56. The Morgan fingerprint density at radius 3 is 2.65 bits per heavy atom. The number of benzene rings is 2. The number of hydrogen-bond donors (Lipinski definition) is 2. The van der Waals surface area contributed by atoms with Gasteiger partial charge in [0.05, 0.1) is 25.8 Å². The van der Waals surface area contributed by atoms with Crippen LogP contribution in [-0.2, 0) is 24.2 Å². The number of hydrogen-bond acceptors (Lipinski definition) is 4. The van der Waals surface area contributed by atoms with Crippen molar-refractivity contribution in [1.82, 2.24) is 15.1 Å². The van der Waals surface area contributed by atoms with Crippen LogP contribution in [-0.4, -0.2) is 29.0 Å². The van der Waals surface area contributed by atoms with E-state index >= 15 is 0 Å². The lowest BCUT2D eigenvalue weighted by molar-refractivity contribution is -0.173. The van der Waals surface area contributed by atoms with E-state index in [0.29, 0.717) is 11.3 Å². The molecule has 6 nitrogen and oxygen atoms in total. The third-order valence-corrected chi connectivity index (χ3v) is 6.08. The Morgan fingerprint density at radius 2 is 1.97 bits per heavy atom. The Labute approximate surface area is 196 Å². The summed E-state index contributed by atoms with van der Waals surface area (Å²) in [5.41, 5.74) is 3.17. The first-order valence-electron chi connectivity index (χ1n) is 11.2. The number of rotatable bonds is 7. The van der Waals surface area contributed by atoms with E-state index in [1.807, 2.05) is 49.4 Å². The van der Waals surface area contributed by atoms with Gasteiger partial charge in [-0.3, -0.25) is 4.79 Å². The number of alkyl halides is 3. The van der Waals surface area contributed by atoms with Gasteiger partial charge in [-0.1, -0.05) is 43.3 Å². The fourth-order valence-corrected chi connectivity index (χ4v) is 4.17. The smallest absolute Gasteiger partial charge is 0.410 e. The molecule has 0 radical (unpaired) electrons. The molecule has 2 atom stereocenters. The fourth-order valence-electron chi connectivity index (χ4n) is 4.17. The first kappa shape index (κ1) is 23.7. The topological polar surface area (TPSA) is 68.2 Å². The van der Waals surface area contributed by atoms with E-state index in [-0.39, 0.29) is 31.1 Å². The van der Waals surface area contributed by atoms with E-state index in [1.165, 1.54) is 6.20 Å². The van der Waals surface area contributed by atoms with Gasteiger partial charge in [0, 0.05) is 18.5 Å². The molecule has 4 rings (SSSR count). The lowest BCUT2D eigenvalue weighted by Crippen LogP contribution is -2.36.